The lowest BCUT2D eigenvalue weighted by atomic mass is 9.85. The van der Waals surface area contributed by atoms with Crippen molar-refractivity contribution in [2.24, 2.45) is 0 Å². The number of aromatic nitrogens is 5. The van der Waals surface area contributed by atoms with Crippen LogP contribution in [0, 0.1) is 17.1 Å². The molecule has 0 amide bonds. The van der Waals surface area contributed by atoms with Crippen LogP contribution in [0.1, 0.15) is 64.4 Å². The van der Waals surface area contributed by atoms with Gasteiger partial charge in [-0.15, -0.1) is 0 Å². The molecule has 1 aliphatic rings. The van der Waals surface area contributed by atoms with Crippen LogP contribution in [0.15, 0.2) is 41.3 Å². The van der Waals surface area contributed by atoms with E-state index in [4.69, 9.17) is 4.98 Å². The zero-order valence-corrected chi connectivity index (χ0v) is 22.4. The van der Waals surface area contributed by atoms with E-state index >= 15 is 0 Å². The Kier molecular flexibility index (Phi) is 6.07. The van der Waals surface area contributed by atoms with Crippen molar-refractivity contribution in [1.82, 2.24) is 29.6 Å². The minimum atomic E-state index is -1.16. The summed E-state index contributed by atoms with van der Waals surface area (Å²) in [5.74, 6) is 0.0247. The number of nitrogens with one attached hydrogen (secondary N) is 2. The molecule has 4 heterocycles. The van der Waals surface area contributed by atoms with Gasteiger partial charge in [-0.25, -0.2) is 23.7 Å². The van der Waals surface area contributed by atoms with Gasteiger partial charge in [0.1, 0.15) is 11.2 Å². The number of halogens is 1. The molecule has 9 nitrogen and oxygen atoms in total. The number of rotatable bonds is 5. The molecule has 0 bridgehead atoms. The lowest BCUT2D eigenvalue weighted by Gasteiger charge is -2.34. The van der Waals surface area contributed by atoms with Crippen LogP contribution in [-0.2, 0) is 17.4 Å². The van der Waals surface area contributed by atoms with Gasteiger partial charge in [0.25, 0.3) is 5.56 Å². The molecule has 0 saturated heterocycles. The van der Waals surface area contributed by atoms with E-state index in [0.29, 0.717) is 22.8 Å². The van der Waals surface area contributed by atoms with Gasteiger partial charge in [-0.1, -0.05) is 6.07 Å². The predicted octanol–water partition coefficient (Wildman–Crippen LogP) is 4.62. The third-order valence-corrected chi connectivity index (χ3v) is 7.03. The predicted molar refractivity (Wildman–Crippen MR) is 144 cm³/mol. The maximum Gasteiger partial charge on any atom is 0.278 e. The standard InChI is InChI=1S/C28H31FN8O/c1-16(2)36-25(38)19-14-31-26(33-18-7-8-20-17(13-18)11-12-32-28(20,5)6)35-24(19)37(36)22-10-9-21(29)23(34-22)27(3,4)15-30/h7-10,13-14,16,32H,11-12H2,1-6H3,(H,31,33,35). The maximum atomic E-state index is 14.7. The number of benzene rings is 1. The number of nitriles is 1. The summed E-state index contributed by atoms with van der Waals surface area (Å²) in [4.78, 5) is 26.9. The average molecular weight is 515 g/mol. The first-order valence-electron chi connectivity index (χ1n) is 12.7. The Morgan fingerprint density at radius 2 is 1.97 bits per heavy atom. The molecular formula is C28H31FN8O. The summed E-state index contributed by atoms with van der Waals surface area (Å²) in [5.41, 5.74) is 2.15. The first-order chi connectivity index (χ1) is 17.9. The SMILES string of the molecule is CC(C)n1c(=O)c2cnc(Nc3ccc4c(c3)CCNC4(C)C)nc2n1-c1ccc(F)c(C(C)(C)C#N)n1. The Labute approximate surface area is 220 Å². The van der Waals surface area contributed by atoms with Crippen LogP contribution in [0.5, 0.6) is 0 Å². The Morgan fingerprint density at radius 3 is 2.68 bits per heavy atom. The summed E-state index contributed by atoms with van der Waals surface area (Å²) in [5, 5.41) is 16.7. The fourth-order valence-electron chi connectivity index (χ4n) is 5.01. The quantitative estimate of drug-likeness (QED) is 0.399. The summed E-state index contributed by atoms with van der Waals surface area (Å²) in [6.07, 6.45) is 2.42. The number of hydrogen-bond acceptors (Lipinski definition) is 7. The van der Waals surface area contributed by atoms with E-state index in [1.165, 1.54) is 34.1 Å². The minimum absolute atomic E-state index is 0.000910. The van der Waals surface area contributed by atoms with Gasteiger partial charge in [0.05, 0.1) is 17.2 Å². The smallest absolute Gasteiger partial charge is 0.278 e. The Morgan fingerprint density at radius 1 is 1.21 bits per heavy atom. The zero-order valence-electron chi connectivity index (χ0n) is 22.4. The number of fused-ring (bicyclic) bond motifs is 2. The first-order valence-corrected chi connectivity index (χ1v) is 12.7. The topological polar surface area (TPSA) is 113 Å². The molecule has 3 aromatic heterocycles. The van der Waals surface area contributed by atoms with Crippen molar-refractivity contribution in [3.63, 3.8) is 0 Å². The molecule has 196 valence electrons. The van der Waals surface area contributed by atoms with Crippen LogP contribution in [0.25, 0.3) is 16.9 Å². The van der Waals surface area contributed by atoms with Crippen LogP contribution in [0.4, 0.5) is 16.0 Å². The van der Waals surface area contributed by atoms with Crippen LogP contribution in [-0.4, -0.2) is 30.9 Å². The highest BCUT2D eigenvalue weighted by Crippen LogP contribution is 2.31. The van der Waals surface area contributed by atoms with Crippen molar-refractivity contribution >= 4 is 22.7 Å². The van der Waals surface area contributed by atoms with E-state index in [2.05, 4.69) is 52.7 Å². The molecule has 0 unspecified atom stereocenters. The normalized spacial score (nSPS) is 14.9. The van der Waals surface area contributed by atoms with E-state index in [1.807, 2.05) is 19.9 Å². The molecule has 1 aliphatic heterocycles. The first kappa shape index (κ1) is 25.5. The van der Waals surface area contributed by atoms with E-state index in [-0.39, 0.29) is 22.8 Å². The fraction of sp³-hybridized carbons (Fsp3) is 0.393. The molecule has 38 heavy (non-hydrogen) atoms. The monoisotopic (exact) mass is 514 g/mol. The third-order valence-electron chi connectivity index (χ3n) is 7.03. The summed E-state index contributed by atoms with van der Waals surface area (Å²) >= 11 is 0. The number of hydrogen-bond donors (Lipinski definition) is 2. The number of nitrogens with zero attached hydrogens (tertiary/aromatic N) is 6. The second kappa shape index (κ2) is 9.03. The van der Waals surface area contributed by atoms with Gasteiger partial charge in [0.2, 0.25) is 5.95 Å². The van der Waals surface area contributed by atoms with Crippen LogP contribution < -0.4 is 16.2 Å². The van der Waals surface area contributed by atoms with Gasteiger partial charge < -0.3 is 10.6 Å². The molecule has 4 aromatic rings. The second-order valence-electron chi connectivity index (χ2n) is 11.0. The second-order valence-corrected chi connectivity index (χ2v) is 11.0. The number of anilines is 2. The Bertz CT molecular complexity index is 1660. The summed E-state index contributed by atoms with van der Waals surface area (Å²) in [7, 11) is 0. The molecule has 0 atom stereocenters. The van der Waals surface area contributed by atoms with Crippen molar-refractivity contribution < 1.29 is 4.39 Å². The Hall–Kier alpha value is -4.10. The largest absolute Gasteiger partial charge is 0.324 e. The van der Waals surface area contributed by atoms with E-state index in [0.717, 1.165) is 18.7 Å². The Balaban J connectivity index is 1.64. The average Bonchev–Trinajstić information content (AvgIpc) is 3.15. The lowest BCUT2D eigenvalue weighted by Crippen LogP contribution is -2.42. The summed E-state index contributed by atoms with van der Waals surface area (Å²) in [6, 6.07) is 10.8. The summed E-state index contributed by atoms with van der Waals surface area (Å²) in [6.45, 7) is 12.2. The van der Waals surface area contributed by atoms with Gasteiger partial charge in [0, 0.05) is 23.5 Å². The van der Waals surface area contributed by atoms with Crippen molar-refractivity contribution in [2.45, 2.75) is 65.0 Å². The van der Waals surface area contributed by atoms with Crippen molar-refractivity contribution in [1.29, 1.82) is 5.26 Å². The fourth-order valence-corrected chi connectivity index (χ4v) is 5.01. The van der Waals surface area contributed by atoms with Crippen LogP contribution in [0.2, 0.25) is 0 Å². The van der Waals surface area contributed by atoms with E-state index in [9.17, 15) is 14.4 Å². The van der Waals surface area contributed by atoms with Gasteiger partial charge in [-0.05, 0) is 89.9 Å². The molecule has 0 saturated carbocycles. The van der Waals surface area contributed by atoms with Gasteiger partial charge in [-0.3, -0.25) is 4.79 Å². The van der Waals surface area contributed by atoms with E-state index in [1.54, 1.807) is 18.5 Å². The van der Waals surface area contributed by atoms with Gasteiger partial charge >= 0.3 is 0 Å². The summed E-state index contributed by atoms with van der Waals surface area (Å²) < 4.78 is 17.8. The zero-order chi connectivity index (χ0) is 27.4. The van der Waals surface area contributed by atoms with Crippen molar-refractivity contribution in [3.05, 3.63) is 69.5 Å². The van der Waals surface area contributed by atoms with Crippen molar-refractivity contribution in [2.75, 3.05) is 11.9 Å². The van der Waals surface area contributed by atoms with Crippen LogP contribution >= 0.6 is 0 Å². The molecular weight excluding hydrogens is 483 g/mol. The number of pyridine rings is 1. The third kappa shape index (κ3) is 4.23. The van der Waals surface area contributed by atoms with E-state index < -0.39 is 11.2 Å². The molecule has 2 N–H and O–H groups in total. The molecule has 10 heteroatoms. The maximum absolute atomic E-state index is 14.7. The van der Waals surface area contributed by atoms with Gasteiger partial charge in [0.15, 0.2) is 11.5 Å². The highest BCUT2D eigenvalue weighted by atomic mass is 19.1. The molecule has 0 aliphatic carbocycles. The minimum Gasteiger partial charge on any atom is -0.324 e. The molecule has 0 radical (unpaired) electrons. The van der Waals surface area contributed by atoms with Crippen molar-refractivity contribution in [3.8, 4) is 11.9 Å². The molecule has 0 fully saturated rings. The highest BCUT2D eigenvalue weighted by molar-refractivity contribution is 5.77. The molecule has 5 rings (SSSR count). The lowest BCUT2D eigenvalue weighted by molar-refractivity contribution is 0.382. The highest BCUT2D eigenvalue weighted by Gasteiger charge is 2.29. The molecule has 1 aromatic carbocycles. The van der Waals surface area contributed by atoms with Gasteiger partial charge in [-0.2, -0.15) is 10.2 Å². The molecule has 0 spiro atoms. The van der Waals surface area contributed by atoms with Crippen LogP contribution in [0.3, 0.4) is 0 Å².